The number of carbonyl (C=O) groups excluding carboxylic acids is 1. The van der Waals surface area contributed by atoms with Crippen molar-refractivity contribution in [3.05, 3.63) is 23.8 Å². The number of rotatable bonds is 3. The Morgan fingerprint density at radius 1 is 1.50 bits per heavy atom. The molecule has 0 aliphatic carbocycles. The number of esters is 1. The van der Waals surface area contributed by atoms with Crippen molar-refractivity contribution in [2.45, 2.75) is 25.5 Å². The Morgan fingerprint density at radius 3 is 3.10 bits per heavy atom. The maximum atomic E-state index is 12.1. The molecule has 0 aromatic heterocycles. The van der Waals surface area contributed by atoms with Crippen LogP contribution in [0.1, 0.15) is 25.0 Å². The van der Waals surface area contributed by atoms with Crippen LogP contribution in [0, 0.1) is 5.92 Å². The summed E-state index contributed by atoms with van der Waals surface area (Å²) in [5.74, 6) is 0.720. The minimum atomic E-state index is -0.330. The van der Waals surface area contributed by atoms with Crippen molar-refractivity contribution in [1.82, 2.24) is 0 Å². The number of nitrogens with one attached hydrogen (secondary N) is 1. The minimum absolute atomic E-state index is 0.0595. The van der Waals surface area contributed by atoms with Gasteiger partial charge in [0.2, 0.25) is 0 Å². The van der Waals surface area contributed by atoms with Crippen LogP contribution in [0.2, 0.25) is 0 Å². The normalized spacial score (nSPS) is 27.2. The molecule has 1 saturated heterocycles. The maximum Gasteiger partial charge on any atom is 0.328 e. The van der Waals surface area contributed by atoms with Crippen molar-refractivity contribution in [3.8, 4) is 5.75 Å². The number of ether oxygens (including phenoxy) is 3. The lowest BCUT2D eigenvalue weighted by Gasteiger charge is -2.34. The summed E-state index contributed by atoms with van der Waals surface area (Å²) in [7, 11) is 1.65. The largest absolute Gasteiger partial charge is 0.497 e. The highest BCUT2D eigenvalue weighted by atomic mass is 16.5. The van der Waals surface area contributed by atoms with E-state index in [-0.39, 0.29) is 24.0 Å². The second-order valence-electron chi connectivity index (χ2n) is 5.07. The zero-order chi connectivity index (χ0) is 14.1. The third kappa shape index (κ3) is 2.12. The van der Waals surface area contributed by atoms with Crippen molar-refractivity contribution < 1.29 is 19.0 Å². The van der Waals surface area contributed by atoms with E-state index in [1.165, 1.54) is 0 Å². The van der Waals surface area contributed by atoms with Gasteiger partial charge in [0, 0.05) is 23.8 Å². The molecule has 0 bridgehead atoms. The van der Waals surface area contributed by atoms with E-state index in [0.717, 1.165) is 23.4 Å². The zero-order valence-corrected chi connectivity index (χ0v) is 11.7. The molecule has 1 aromatic rings. The van der Waals surface area contributed by atoms with Gasteiger partial charge in [-0.2, -0.15) is 0 Å². The highest BCUT2D eigenvalue weighted by Crippen LogP contribution is 2.45. The fraction of sp³-hybridized carbons (Fsp3) is 0.533. The first-order chi connectivity index (χ1) is 9.74. The summed E-state index contributed by atoms with van der Waals surface area (Å²) in [6.07, 6.45) is 0.799. The van der Waals surface area contributed by atoms with Crippen molar-refractivity contribution in [2.24, 2.45) is 5.92 Å². The Hall–Kier alpha value is -1.75. The fourth-order valence-corrected chi connectivity index (χ4v) is 3.04. The maximum absolute atomic E-state index is 12.1. The molecule has 1 fully saturated rings. The Morgan fingerprint density at radius 2 is 2.35 bits per heavy atom. The van der Waals surface area contributed by atoms with E-state index in [1.54, 1.807) is 7.11 Å². The third-order valence-electron chi connectivity index (χ3n) is 3.98. The van der Waals surface area contributed by atoms with E-state index >= 15 is 0 Å². The minimum Gasteiger partial charge on any atom is -0.497 e. The molecule has 0 radical (unpaired) electrons. The van der Waals surface area contributed by atoms with Crippen molar-refractivity contribution in [1.29, 1.82) is 0 Å². The second kappa shape index (κ2) is 5.32. The van der Waals surface area contributed by atoms with Gasteiger partial charge in [-0.1, -0.05) is 0 Å². The molecule has 20 heavy (non-hydrogen) atoms. The highest BCUT2D eigenvalue weighted by Gasteiger charge is 2.44. The summed E-state index contributed by atoms with van der Waals surface area (Å²) in [4.78, 5) is 12.1. The van der Waals surface area contributed by atoms with Gasteiger partial charge in [-0.15, -0.1) is 0 Å². The summed E-state index contributed by atoms with van der Waals surface area (Å²) < 4.78 is 16.3. The van der Waals surface area contributed by atoms with Gasteiger partial charge in [0.05, 0.1) is 19.8 Å². The van der Waals surface area contributed by atoms with Gasteiger partial charge in [-0.05, 0) is 31.5 Å². The number of carbonyl (C=O) groups is 1. The zero-order valence-electron chi connectivity index (χ0n) is 11.7. The molecule has 3 atom stereocenters. The van der Waals surface area contributed by atoms with Crippen molar-refractivity contribution in [3.63, 3.8) is 0 Å². The lowest BCUT2D eigenvalue weighted by molar-refractivity contribution is -0.146. The monoisotopic (exact) mass is 277 g/mol. The standard InChI is InChI=1S/C15H19NO4/c1-3-19-15(17)13-10-6-7-20-14(10)11-8-9(18-2)4-5-12(11)16-13/h4-5,8,10,13-14,16H,3,6-7H2,1-2H3/t10-,13+,14-/m0/s1. The molecule has 5 heteroatoms. The van der Waals surface area contributed by atoms with E-state index in [9.17, 15) is 4.79 Å². The van der Waals surface area contributed by atoms with Gasteiger partial charge < -0.3 is 19.5 Å². The van der Waals surface area contributed by atoms with Gasteiger partial charge in [-0.25, -0.2) is 4.79 Å². The smallest absolute Gasteiger partial charge is 0.328 e. The molecule has 0 saturated carbocycles. The number of anilines is 1. The number of fused-ring (bicyclic) bond motifs is 3. The summed E-state index contributed by atoms with van der Waals surface area (Å²) in [6.45, 7) is 2.89. The predicted molar refractivity (Wildman–Crippen MR) is 73.8 cm³/mol. The van der Waals surface area contributed by atoms with Crippen molar-refractivity contribution >= 4 is 11.7 Å². The molecule has 1 aromatic carbocycles. The van der Waals surface area contributed by atoms with Crippen LogP contribution in [0.15, 0.2) is 18.2 Å². The molecular weight excluding hydrogens is 258 g/mol. The molecule has 108 valence electrons. The number of methoxy groups -OCH3 is 1. The first-order valence-corrected chi connectivity index (χ1v) is 6.97. The molecule has 2 aliphatic heterocycles. The van der Waals surface area contributed by atoms with E-state index in [4.69, 9.17) is 14.2 Å². The summed E-state index contributed by atoms with van der Waals surface area (Å²) >= 11 is 0. The number of hydrogen-bond acceptors (Lipinski definition) is 5. The number of benzene rings is 1. The molecular formula is C15H19NO4. The van der Waals surface area contributed by atoms with E-state index < -0.39 is 0 Å². The summed E-state index contributed by atoms with van der Waals surface area (Å²) in [5.41, 5.74) is 1.99. The lowest BCUT2D eigenvalue weighted by atomic mass is 9.84. The van der Waals surface area contributed by atoms with Gasteiger partial charge in [-0.3, -0.25) is 0 Å². The highest BCUT2D eigenvalue weighted by molar-refractivity contribution is 5.81. The van der Waals surface area contributed by atoms with Gasteiger partial charge in [0.1, 0.15) is 11.8 Å². The van der Waals surface area contributed by atoms with Gasteiger partial charge in [0.15, 0.2) is 0 Å². The van der Waals surface area contributed by atoms with Crippen LogP contribution < -0.4 is 10.1 Å². The van der Waals surface area contributed by atoms with Crippen molar-refractivity contribution in [2.75, 3.05) is 25.6 Å². The predicted octanol–water partition coefficient (Wildman–Crippen LogP) is 2.13. The first-order valence-electron chi connectivity index (χ1n) is 6.97. The molecule has 0 amide bonds. The Labute approximate surface area is 118 Å². The van der Waals surface area contributed by atoms with Gasteiger partial charge in [0.25, 0.3) is 0 Å². The average molecular weight is 277 g/mol. The van der Waals surface area contributed by atoms with Crippen LogP contribution in [0.3, 0.4) is 0 Å². The topological polar surface area (TPSA) is 56.8 Å². The molecule has 0 spiro atoms. The van der Waals surface area contributed by atoms with E-state index in [1.807, 2.05) is 25.1 Å². The number of hydrogen-bond donors (Lipinski definition) is 1. The third-order valence-corrected chi connectivity index (χ3v) is 3.98. The molecule has 5 nitrogen and oxygen atoms in total. The van der Waals surface area contributed by atoms with Crippen LogP contribution in [0.4, 0.5) is 5.69 Å². The fourth-order valence-electron chi connectivity index (χ4n) is 3.04. The van der Waals surface area contributed by atoms with E-state index in [0.29, 0.717) is 13.2 Å². The molecule has 2 aliphatic rings. The van der Waals surface area contributed by atoms with Crippen LogP contribution >= 0.6 is 0 Å². The molecule has 3 rings (SSSR count). The van der Waals surface area contributed by atoms with Crippen LogP contribution in [-0.4, -0.2) is 32.3 Å². The molecule has 2 heterocycles. The first kappa shape index (κ1) is 13.2. The SMILES string of the molecule is CCOC(=O)[C@@H]1Nc2ccc(OC)cc2[C@H]2OCC[C@H]21. The summed E-state index contributed by atoms with van der Waals surface area (Å²) in [6, 6.07) is 5.46. The molecule has 1 N–H and O–H groups in total. The van der Waals surface area contributed by atoms with Crippen LogP contribution in [-0.2, 0) is 14.3 Å². The Balaban J connectivity index is 1.94. The Kier molecular flexibility index (Phi) is 3.53. The molecule has 0 unspecified atom stereocenters. The van der Waals surface area contributed by atoms with E-state index in [2.05, 4.69) is 5.32 Å². The summed E-state index contributed by atoms with van der Waals surface area (Å²) in [5, 5.41) is 3.29. The van der Waals surface area contributed by atoms with Gasteiger partial charge >= 0.3 is 5.97 Å². The lowest BCUT2D eigenvalue weighted by Crippen LogP contribution is -2.43. The van der Waals surface area contributed by atoms with Crippen LogP contribution in [0.25, 0.3) is 0 Å². The average Bonchev–Trinajstić information content (AvgIpc) is 2.95. The quantitative estimate of drug-likeness (QED) is 0.858. The van der Waals surface area contributed by atoms with Crippen LogP contribution in [0.5, 0.6) is 5.75 Å². The second-order valence-corrected chi connectivity index (χ2v) is 5.07. The Bertz CT molecular complexity index is 517.